The van der Waals surface area contributed by atoms with Crippen molar-refractivity contribution in [2.24, 2.45) is 4.99 Å². The molecule has 1 atom stereocenters. The lowest BCUT2D eigenvalue weighted by molar-refractivity contribution is 0.236. The van der Waals surface area contributed by atoms with Gasteiger partial charge in [0, 0.05) is 19.6 Å². The summed E-state index contributed by atoms with van der Waals surface area (Å²) in [6.07, 6.45) is 3.81. The summed E-state index contributed by atoms with van der Waals surface area (Å²) in [5.41, 5.74) is 0. The van der Waals surface area contributed by atoms with Crippen LogP contribution in [0.1, 0.15) is 26.2 Å². The molecule has 0 saturated carbocycles. The summed E-state index contributed by atoms with van der Waals surface area (Å²) >= 11 is 0. The number of aliphatic imine (C=N–C) groups is 1. The van der Waals surface area contributed by atoms with Gasteiger partial charge < -0.3 is 20.1 Å². The van der Waals surface area contributed by atoms with E-state index in [9.17, 15) is 0 Å². The molecule has 1 unspecified atom stereocenters. The summed E-state index contributed by atoms with van der Waals surface area (Å²) in [6.45, 7) is 6.91. The van der Waals surface area contributed by atoms with Crippen LogP contribution in [0.2, 0.25) is 0 Å². The topological polar surface area (TPSA) is 58.1 Å². The number of benzene rings is 1. The molecule has 0 aromatic heterocycles. The van der Waals surface area contributed by atoms with Gasteiger partial charge in [0.2, 0.25) is 0 Å². The first-order valence-electron chi connectivity index (χ1n) is 9.22. The summed E-state index contributed by atoms with van der Waals surface area (Å²) in [6, 6.07) is 8.19. The number of guanidine groups is 1. The zero-order chi connectivity index (χ0) is 17.9. The second-order valence-electron chi connectivity index (χ2n) is 6.21. The molecule has 0 amide bonds. The maximum Gasteiger partial charge on any atom is 0.191 e. The normalized spacial score (nSPS) is 15.9. The van der Waals surface area contributed by atoms with Crippen LogP contribution in [-0.2, 0) is 0 Å². The maximum absolute atomic E-state index is 5.72. The average molecular weight is 476 g/mol. The van der Waals surface area contributed by atoms with E-state index in [1.807, 2.05) is 24.3 Å². The lowest BCUT2D eigenvalue weighted by atomic mass is 10.2. The van der Waals surface area contributed by atoms with Crippen molar-refractivity contribution in [2.75, 3.05) is 46.9 Å². The van der Waals surface area contributed by atoms with Crippen molar-refractivity contribution >= 4 is 29.9 Å². The summed E-state index contributed by atoms with van der Waals surface area (Å²) in [5, 5.41) is 6.74. The summed E-state index contributed by atoms with van der Waals surface area (Å²) in [4.78, 5) is 6.87. The van der Waals surface area contributed by atoms with Crippen molar-refractivity contribution < 1.29 is 9.47 Å². The Labute approximate surface area is 174 Å². The van der Waals surface area contributed by atoms with E-state index in [2.05, 4.69) is 27.4 Å². The molecule has 6 nitrogen and oxygen atoms in total. The van der Waals surface area contributed by atoms with Crippen LogP contribution in [0, 0.1) is 0 Å². The molecule has 2 rings (SSSR count). The second kappa shape index (κ2) is 13.0. The molecule has 7 heteroatoms. The van der Waals surface area contributed by atoms with E-state index in [-0.39, 0.29) is 24.0 Å². The molecule has 148 valence electrons. The number of ether oxygens (including phenoxy) is 2. The summed E-state index contributed by atoms with van der Waals surface area (Å²) in [7, 11) is 3.46. The Balaban J connectivity index is 0.00000338. The Hall–Kier alpha value is -1.22. The fourth-order valence-electron chi connectivity index (χ4n) is 3.08. The lowest BCUT2D eigenvalue weighted by Gasteiger charge is -2.27. The molecule has 1 aliphatic rings. The first kappa shape index (κ1) is 22.8. The van der Waals surface area contributed by atoms with Gasteiger partial charge in [-0.15, -0.1) is 24.0 Å². The molecular formula is C19H33IN4O2. The highest BCUT2D eigenvalue weighted by Crippen LogP contribution is 2.16. The van der Waals surface area contributed by atoms with Gasteiger partial charge in [0.25, 0.3) is 0 Å². The van der Waals surface area contributed by atoms with Crippen LogP contribution in [0.5, 0.6) is 11.5 Å². The molecule has 26 heavy (non-hydrogen) atoms. The summed E-state index contributed by atoms with van der Waals surface area (Å²) in [5.74, 6) is 2.50. The third-order valence-electron chi connectivity index (χ3n) is 4.58. The predicted octanol–water partition coefficient (Wildman–Crippen LogP) is 2.73. The molecule has 1 fully saturated rings. The highest BCUT2D eigenvalue weighted by molar-refractivity contribution is 14.0. The van der Waals surface area contributed by atoms with Crippen LogP contribution in [0.3, 0.4) is 0 Å². The number of nitrogens with zero attached hydrogens (tertiary/aromatic N) is 2. The van der Waals surface area contributed by atoms with Crippen molar-refractivity contribution in [1.82, 2.24) is 15.5 Å². The molecular weight excluding hydrogens is 443 g/mol. The van der Waals surface area contributed by atoms with Crippen molar-refractivity contribution in [3.63, 3.8) is 0 Å². The zero-order valence-corrected chi connectivity index (χ0v) is 18.5. The van der Waals surface area contributed by atoms with Crippen LogP contribution in [0.25, 0.3) is 0 Å². The fraction of sp³-hybridized carbons (Fsp3) is 0.632. The summed E-state index contributed by atoms with van der Waals surface area (Å²) < 4.78 is 10.9. The molecule has 0 aliphatic carbocycles. The first-order chi connectivity index (χ1) is 12.3. The largest absolute Gasteiger partial charge is 0.497 e. The van der Waals surface area contributed by atoms with Gasteiger partial charge >= 0.3 is 0 Å². The van der Waals surface area contributed by atoms with Gasteiger partial charge in [0.15, 0.2) is 5.96 Å². The highest BCUT2D eigenvalue weighted by Gasteiger charge is 2.20. The SMILES string of the molecule is CCC(CNC(=NC)NCCOc1ccc(OC)cc1)N1CCCC1.I. The van der Waals surface area contributed by atoms with Gasteiger partial charge in [-0.2, -0.15) is 0 Å². The van der Waals surface area contributed by atoms with Crippen LogP contribution in [0.15, 0.2) is 29.3 Å². The fourth-order valence-corrected chi connectivity index (χ4v) is 3.08. The van der Waals surface area contributed by atoms with Crippen LogP contribution >= 0.6 is 24.0 Å². The lowest BCUT2D eigenvalue weighted by Crippen LogP contribution is -2.46. The standard InChI is InChI=1S/C19H32N4O2.HI/c1-4-16(23-12-5-6-13-23)15-22-19(20-2)21-11-14-25-18-9-7-17(24-3)8-10-18;/h7-10,16H,4-6,11-15H2,1-3H3,(H2,20,21,22);1H. The van der Waals surface area contributed by atoms with Crippen molar-refractivity contribution in [3.8, 4) is 11.5 Å². The number of hydrogen-bond donors (Lipinski definition) is 2. The minimum absolute atomic E-state index is 0. The Bertz CT molecular complexity index is 519. The number of methoxy groups -OCH3 is 1. The van der Waals surface area contributed by atoms with E-state index in [0.717, 1.165) is 30.4 Å². The van der Waals surface area contributed by atoms with E-state index in [1.165, 1.54) is 25.9 Å². The molecule has 1 saturated heterocycles. The molecule has 2 N–H and O–H groups in total. The first-order valence-corrected chi connectivity index (χ1v) is 9.22. The molecule has 0 bridgehead atoms. The van der Waals surface area contributed by atoms with Gasteiger partial charge in [-0.05, 0) is 56.6 Å². The number of nitrogens with one attached hydrogen (secondary N) is 2. The van der Waals surface area contributed by atoms with Gasteiger partial charge in [0.05, 0.1) is 13.7 Å². The second-order valence-corrected chi connectivity index (χ2v) is 6.21. The van der Waals surface area contributed by atoms with E-state index in [0.29, 0.717) is 19.2 Å². The van der Waals surface area contributed by atoms with Gasteiger partial charge in [-0.3, -0.25) is 9.89 Å². The van der Waals surface area contributed by atoms with Gasteiger partial charge in [-0.1, -0.05) is 6.92 Å². The Kier molecular flexibility index (Phi) is 11.4. The molecule has 0 spiro atoms. The van der Waals surface area contributed by atoms with Crippen molar-refractivity contribution in [3.05, 3.63) is 24.3 Å². The Morgan fingerprint density at radius 2 is 1.81 bits per heavy atom. The van der Waals surface area contributed by atoms with E-state index in [4.69, 9.17) is 9.47 Å². The number of halogens is 1. The van der Waals surface area contributed by atoms with E-state index < -0.39 is 0 Å². The average Bonchev–Trinajstić information content (AvgIpc) is 3.19. The molecule has 1 aromatic carbocycles. The Morgan fingerprint density at radius 1 is 1.15 bits per heavy atom. The van der Waals surface area contributed by atoms with E-state index in [1.54, 1.807) is 14.2 Å². The molecule has 1 aliphatic heterocycles. The van der Waals surface area contributed by atoms with Gasteiger partial charge in [-0.25, -0.2) is 0 Å². The quantitative estimate of drug-likeness (QED) is 0.249. The van der Waals surface area contributed by atoms with Crippen LogP contribution in [-0.4, -0.2) is 63.8 Å². The third-order valence-corrected chi connectivity index (χ3v) is 4.58. The minimum Gasteiger partial charge on any atom is -0.497 e. The third kappa shape index (κ3) is 7.57. The number of likely N-dealkylation sites (tertiary alicyclic amines) is 1. The zero-order valence-electron chi connectivity index (χ0n) is 16.2. The van der Waals surface area contributed by atoms with Crippen molar-refractivity contribution in [2.45, 2.75) is 32.2 Å². The smallest absolute Gasteiger partial charge is 0.191 e. The molecule has 1 aromatic rings. The van der Waals surface area contributed by atoms with E-state index >= 15 is 0 Å². The Morgan fingerprint density at radius 3 is 2.38 bits per heavy atom. The van der Waals surface area contributed by atoms with Crippen LogP contribution < -0.4 is 20.1 Å². The minimum atomic E-state index is 0. The predicted molar refractivity (Wildman–Crippen MR) is 118 cm³/mol. The highest BCUT2D eigenvalue weighted by atomic mass is 127. The maximum atomic E-state index is 5.72. The molecule has 0 radical (unpaired) electrons. The van der Waals surface area contributed by atoms with Crippen LogP contribution in [0.4, 0.5) is 0 Å². The number of rotatable bonds is 9. The monoisotopic (exact) mass is 476 g/mol. The van der Waals surface area contributed by atoms with Gasteiger partial charge in [0.1, 0.15) is 18.1 Å². The van der Waals surface area contributed by atoms with Crippen molar-refractivity contribution in [1.29, 1.82) is 0 Å². The molecule has 1 heterocycles. The number of hydrogen-bond acceptors (Lipinski definition) is 4.